The molecule has 2 heterocycles. The number of halogens is 1. The molecule has 2 atom stereocenters. The van der Waals surface area contributed by atoms with Crippen LogP contribution in [0.15, 0.2) is 88.5 Å². The van der Waals surface area contributed by atoms with Gasteiger partial charge in [-0.1, -0.05) is 40.2 Å². The molecule has 0 unspecified atom stereocenters. The maximum absolute atomic E-state index is 13.3. The first-order chi connectivity index (χ1) is 16.9. The summed E-state index contributed by atoms with van der Waals surface area (Å²) >= 11 is 3.49. The van der Waals surface area contributed by atoms with Crippen LogP contribution in [0.1, 0.15) is 29.7 Å². The first kappa shape index (κ1) is 22.9. The van der Waals surface area contributed by atoms with Crippen LogP contribution in [0.5, 0.6) is 11.5 Å². The van der Waals surface area contributed by atoms with E-state index >= 15 is 0 Å². The number of hydrogen-bond acceptors (Lipinski definition) is 6. The minimum absolute atomic E-state index is 0.185. The highest BCUT2D eigenvalue weighted by Gasteiger charge is 2.53. The van der Waals surface area contributed by atoms with Crippen molar-refractivity contribution < 1.29 is 23.8 Å². The van der Waals surface area contributed by atoms with Crippen LogP contribution in [0.4, 0.5) is 4.79 Å². The Morgan fingerprint density at radius 2 is 1.80 bits per heavy atom. The van der Waals surface area contributed by atoms with Crippen LogP contribution in [0, 0.1) is 0 Å². The fraction of sp³-hybridized carbons (Fsp3) is 0.148. The molecule has 0 saturated heterocycles. The second kappa shape index (κ2) is 9.03. The second-order valence-electron chi connectivity index (χ2n) is 8.26. The molecule has 2 aliphatic rings. The molecule has 176 valence electrons. The van der Waals surface area contributed by atoms with Crippen molar-refractivity contribution in [1.82, 2.24) is 4.90 Å². The van der Waals surface area contributed by atoms with Crippen LogP contribution < -0.4 is 9.47 Å². The van der Waals surface area contributed by atoms with E-state index in [1.54, 1.807) is 74.8 Å². The van der Waals surface area contributed by atoms with E-state index in [9.17, 15) is 9.59 Å². The molecule has 0 N–H and O–H groups in total. The molecule has 3 aromatic carbocycles. The number of fused-ring (bicyclic) bond motifs is 1. The third-order valence-electron chi connectivity index (χ3n) is 6.00. The van der Waals surface area contributed by atoms with Crippen molar-refractivity contribution in [3.05, 3.63) is 100 Å². The van der Waals surface area contributed by atoms with Crippen molar-refractivity contribution in [2.45, 2.75) is 18.5 Å². The number of nitrogens with zero attached hydrogens (tertiary/aromatic N) is 2. The minimum Gasteiger partial charge on any atom is -0.497 e. The quantitative estimate of drug-likeness (QED) is 0.400. The molecule has 8 heteroatoms. The third kappa shape index (κ3) is 4.21. The molecule has 5 rings (SSSR count). The lowest BCUT2D eigenvalue weighted by atomic mass is 9.83. The summed E-state index contributed by atoms with van der Waals surface area (Å²) in [5.41, 5.74) is 0.817. The number of aliphatic imine (C=N–C) groups is 1. The van der Waals surface area contributed by atoms with Crippen molar-refractivity contribution in [3.63, 3.8) is 0 Å². The molecule has 1 amide bonds. The van der Waals surface area contributed by atoms with E-state index in [1.807, 2.05) is 24.3 Å². The van der Waals surface area contributed by atoms with Gasteiger partial charge in [-0.3, -0.25) is 4.90 Å². The van der Waals surface area contributed by atoms with Crippen LogP contribution in [-0.2, 0) is 9.53 Å². The number of ether oxygens (including phenoxy) is 3. The number of hydrogen-bond donors (Lipinski definition) is 0. The summed E-state index contributed by atoms with van der Waals surface area (Å²) < 4.78 is 17.3. The highest BCUT2D eigenvalue weighted by molar-refractivity contribution is 9.10. The Kier molecular flexibility index (Phi) is 5.90. The number of methoxy groups -OCH3 is 1. The summed E-state index contributed by atoms with van der Waals surface area (Å²) in [5, 5.41) is 0. The zero-order valence-corrected chi connectivity index (χ0v) is 20.6. The van der Waals surface area contributed by atoms with Crippen LogP contribution in [0.25, 0.3) is 6.08 Å². The fourth-order valence-electron chi connectivity index (χ4n) is 4.22. The zero-order valence-electron chi connectivity index (χ0n) is 19.0. The zero-order chi connectivity index (χ0) is 24.6. The number of para-hydroxylation sites is 1. The summed E-state index contributed by atoms with van der Waals surface area (Å²) in [5.74, 6) is 0.695. The number of carbonyl (C=O) groups excluding carboxylic acids is 2. The van der Waals surface area contributed by atoms with Gasteiger partial charge in [-0.25, -0.2) is 14.6 Å². The van der Waals surface area contributed by atoms with E-state index in [2.05, 4.69) is 15.9 Å². The Balaban J connectivity index is 1.57. The van der Waals surface area contributed by atoms with E-state index in [0.717, 1.165) is 15.6 Å². The number of esters is 1. The normalized spacial score (nSPS) is 20.7. The lowest BCUT2D eigenvalue weighted by Gasteiger charge is -2.38. The van der Waals surface area contributed by atoms with E-state index < -0.39 is 23.6 Å². The number of amides is 1. The number of cyclic esters (lactones) is 1. The van der Waals surface area contributed by atoms with E-state index in [1.165, 1.54) is 4.90 Å². The summed E-state index contributed by atoms with van der Waals surface area (Å²) in [6.07, 6.45) is 2.79. The van der Waals surface area contributed by atoms with Crippen molar-refractivity contribution >= 4 is 40.0 Å². The van der Waals surface area contributed by atoms with Crippen LogP contribution >= 0.6 is 15.9 Å². The number of rotatable bonds is 4. The van der Waals surface area contributed by atoms with Crippen molar-refractivity contribution in [2.24, 2.45) is 4.99 Å². The van der Waals surface area contributed by atoms with Gasteiger partial charge in [0.1, 0.15) is 17.5 Å². The molecule has 2 aliphatic heterocycles. The van der Waals surface area contributed by atoms with Crippen molar-refractivity contribution in [1.29, 1.82) is 0 Å². The molecule has 0 saturated carbocycles. The smallest absolute Gasteiger partial charge is 0.419 e. The summed E-state index contributed by atoms with van der Waals surface area (Å²) in [4.78, 5) is 32.8. The van der Waals surface area contributed by atoms with Gasteiger partial charge in [-0.2, -0.15) is 0 Å². The molecule has 0 spiro atoms. The largest absolute Gasteiger partial charge is 0.497 e. The average molecular weight is 533 g/mol. The topological polar surface area (TPSA) is 77.4 Å². The first-order valence-electron chi connectivity index (χ1n) is 10.9. The van der Waals surface area contributed by atoms with Gasteiger partial charge >= 0.3 is 12.1 Å². The summed E-state index contributed by atoms with van der Waals surface area (Å²) in [6.45, 7) is 1.67. The summed E-state index contributed by atoms with van der Waals surface area (Å²) in [6, 6.07) is 20.7. The van der Waals surface area contributed by atoms with Gasteiger partial charge in [0.05, 0.1) is 7.11 Å². The molecular weight excluding hydrogens is 512 g/mol. The molecular formula is C27H21BrN2O5. The molecule has 0 aromatic heterocycles. The lowest BCUT2D eigenvalue weighted by Crippen LogP contribution is -2.49. The van der Waals surface area contributed by atoms with Gasteiger partial charge in [0.25, 0.3) is 0 Å². The predicted octanol–water partition coefficient (Wildman–Crippen LogP) is 5.75. The minimum atomic E-state index is -1.42. The van der Waals surface area contributed by atoms with Crippen LogP contribution in [0.2, 0.25) is 0 Å². The Morgan fingerprint density at radius 3 is 2.51 bits per heavy atom. The molecule has 0 fully saturated rings. The lowest BCUT2D eigenvalue weighted by molar-refractivity contribution is -0.140. The van der Waals surface area contributed by atoms with Crippen LogP contribution in [-0.4, -0.2) is 35.5 Å². The van der Waals surface area contributed by atoms with Crippen molar-refractivity contribution in [3.8, 4) is 11.5 Å². The van der Waals surface area contributed by atoms with Crippen LogP contribution in [0.3, 0.4) is 0 Å². The molecule has 35 heavy (non-hydrogen) atoms. The second-order valence-corrected chi connectivity index (χ2v) is 9.18. The molecule has 0 bridgehead atoms. The molecule has 7 nitrogen and oxygen atoms in total. The van der Waals surface area contributed by atoms with Gasteiger partial charge in [-0.05, 0) is 72.7 Å². The van der Waals surface area contributed by atoms with E-state index in [4.69, 9.17) is 19.2 Å². The maximum atomic E-state index is 13.3. The summed E-state index contributed by atoms with van der Waals surface area (Å²) in [7, 11) is 1.58. The highest BCUT2D eigenvalue weighted by atomic mass is 79.9. The predicted molar refractivity (Wildman–Crippen MR) is 134 cm³/mol. The Labute approximate surface area is 210 Å². The molecule has 0 radical (unpaired) electrons. The Bertz CT molecular complexity index is 1350. The van der Waals surface area contributed by atoms with Gasteiger partial charge < -0.3 is 14.2 Å². The Morgan fingerprint density at radius 1 is 1.06 bits per heavy atom. The maximum Gasteiger partial charge on any atom is 0.419 e. The SMILES string of the molecule is COc1ccc(C2=N[C@@](C)([C@@H]3c4ccc(Br)cc4C=CN3C(=O)Oc3ccccc3)C(=O)O2)cc1. The third-order valence-corrected chi connectivity index (χ3v) is 6.49. The van der Waals surface area contributed by atoms with Gasteiger partial charge in [0.2, 0.25) is 5.90 Å². The van der Waals surface area contributed by atoms with Crippen molar-refractivity contribution in [2.75, 3.05) is 7.11 Å². The van der Waals surface area contributed by atoms with Gasteiger partial charge in [0.15, 0.2) is 5.54 Å². The number of benzene rings is 3. The molecule has 0 aliphatic carbocycles. The van der Waals surface area contributed by atoms with Gasteiger partial charge in [-0.15, -0.1) is 0 Å². The van der Waals surface area contributed by atoms with E-state index in [0.29, 0.717) is 17.1 Å². The highest BCUT2D eigenvalue weighted by Crippen LogP contribution is 2.44. The Hall–Kier alpha value is -3.91. The first-order valence-corrected chi connectivity index (χ1v) is 11.7. The standard InChI is InChI=1S/C27H21BrN2O5/c1-27(25(31)35-24(29-27)17-8-11-20(33-2)12-9-17)23-22-13-10-19(28)16-18(22)14-15-30(23)26(32)34-21-6-4-3-5-7-21/h3-16,23H,1-2H3/t23-,27-/m0/s1. The van der Waals surface area contributed by atoms with E-state index in [-0.39, 0.29) is 5.90 Å². The molecule has 3 aromatic rings. The van der Waals surface area contributed by atoms with Gasteiger partial charge in [0, 0.05) is 16.2 Å². The monoisotopic (exact) mass is 532 g/mol. The average Bonchev–Trinajstić information content (AvgIpc) is 3.18. The number of carbonyl (C=O) groups is 2. The fourth-order valence-corrected chi connectivity index (χ4v) is 4.60.